The van der Waals surface area contributed by atoms with Gasteiger partial charge in [-0.05, 0) is 19.3 Å². The average molecular weight is 257 g/mol. The van der Waals surface area contributed by atoms with Crippen LogP contribution in [0.15, 0.2) is 12.2 Å². The van der Waals surface area contributed by atoms with Gasteiger partial charge in [-0.15, -0.1) is 0 Å². The number of esters is 1. The smallest absolute Gasteiger partial charge is 0.407 e. The second-order valence-corrected chi connectivity index (χ2v) is 4.59. The third-order valence-electron chi connectivity index (χ3n) is 2.13. The van der Waals surface area contributed by atoms with Crippen LogP contribution in [0.1, 0.15) is 34.1 Å². The lowest BCUT2D eigenvalue weighted by Crippen LogP contribution is -2.33. The predicted octanol–water partition coefficient (Wildman–Crippen LogP) is 2.27. The van der Waals surface area contributed by atoms with Gasteiger partial charge in [0.15, 0.2) is 0 Å². The first-order chi connectivity index (χ1) is 8.36. The van der Waals surface area contributed by atoms with Gasteiger partial charge in [-0.1, -0.05) is 27.4 Å². The molecule has 0 saturated heterocycles. The minimum atomic E-state index is -0.484. The molecule has 0 aromatic carbocycles. The molecule has 5 heteroatoms. The van der Waals surface area contributed by atoms with Crippen LogP contribution in [0.3, 0.4) is 0 Å². The maximum absolute atomic E-state index is 11.4. The molecule has 0 aromatic heterocycles. The van der Waals surface area contributed by atoms with Gasteiger partial charge in [-0.2, -0.15) is 0 Å². The topological polar surface area (TPSA) is 64.6 Å². The van der Waals surface area contributed by atoms with Crippen molar-refractivity contribution in [2.45, 2.75) is 40.2 Å². The molecule has 18 heavy (non-hydrogen) atoms. The lowest BCUT2D eigenvalue weighted by molar-refractivity contribution is -0.142. The molecule has 0 bridgehead atoms. The SMILES string of the molecule is C=C(C)C(=O)OCC(CC)OC(=O)NCC(C)C. The molecule has 0 aliphatic carbocycles. The zero-order chi connectivity index (χ0) is 14.1. The summed E-state index contributed by atoms with van der Waals surface area (Å²) < 4.78 is 10.1. The van der Waals surface area contributed by atoms with Gasteiger partial charge in [-0.3, -0.25) is 0 Å². The highest BCUT2D eigenvalue weighted by Gasteiger charge is 2.15. The van der Waals surface area contributed by atoms with E-state index in [4.69, 9.17) is 9.47 Å². The van der Waals surface area contributed by atoms with Gasteiger partial charge in [0.1, 0.15) is 12.7 Å². The summed E-state index contributed by atoms with van der Waals surface area (Å²) in [6.45, 7) is 11.5. The van der Waals surface area contributed by atoms with Crippen LogP contribution in [-0.4, -0.2) is 31.3 Å². The maximum Gasteiger partial charge on any atom is 0.407 e. The zero-order valence-electron chi connectivity index (χ0n) is 11.6. The van der Waals surface area contributed by atoms with E-state index < -0.39 is 18.2 Å². The van der Waals surface area contributed by atoms with Crippen molar-refractivity contribution in [2.75, 3.05) is 13.2 Å². The van der Waals surface area contributed by atoms with Crippen molar-refractivity contribution in [1.82, 2.24) is 5.32 Å². The molecule has 1 unspecified atom stereocenters. The number of rotatable bonds is 7. The van der Waals surface area contributed by atoms with Crippen molar-refractivity contribution in [2.24, 2.45) is 5.92 Å². The minimum Gasteiger partial charge on any atom is -0.458 e. The standard InChI is InChI=1S/C13H23NO4/c1-6-11(8-17-12(15)10(4)5)18-13(16)14-7-9(2)3/h9,11H,4,6-8H2,1-3,5H3,(H,14,16). The molecule has 1 atom stereocenters. The average Bonchev–Trinajstić information content (AvgIpc) is 2.31. The summed E-state index contributed by atoms with van der Waals surface area (Å²) in [5.74, 6) is -0.112. The van der Waals surface area contributed by atoms with Gasteiger partial charge in [0, 0.05) is 12.1 Å². The molecule has 0 fully saturated rings. The van der Waals surface area contributed by atoms with Crippen LogP contribution in [0.25, 0.3) is 0 Å². The first-order valence-corrected chi connectivity index (χ1v) is 6.13. The zero-order valence-corrected chi connectivity index (χ0v) is 11.6. The summed E-state index contributed by atoms with van der Waals surface area (Å²) in [6, 6.07) is 0. The monoisotopic (exact) mass is 257 g/mol. The van der Waals surface area contributed by atoms with E-state index in [2.05, 4.69) is 11.9 Å². The van der Waals surface area contributed by atoms with Crippen molar-refractivity contribution in [1.29, 1.82) is 0 Å². The summed E-state index contributed by atoms with van der Waals surface area (Å²) >= 11 is 0. The highest BCUT2D eigenvalue weighted by Crippen LogP contribution is 2.02. The molecule has 0 spiro atoms. The molecule has 104 valence electrons. The first kappa shape index (κ1) is 16.5. The Labute approximate surface area is 109 Å². The highest BCUT2D eigenvalue weighted by atomic mass is 16.6. The van der Waals surface area contributed by atoms with E-state index in [-0.39, 0.29) is 6.61 Å². The molecule has 0 heterocycles. The molecule has 0 saturated carbocycles. The summed E-state index contributed by atoms with van der Waals surface area (Å²) in [5.41, 5.74) is 0.328. The van der Waals surface area contributed by atoms with Gasteiger partial charge in [0.05, 0.1) is 0 Å². The van der Waals surface area contributed by atoms with Crippen molar-refractivity contribution < 1.29 is 19.1 Å². The lowest BCUT2D eigenvalue weighted by Gasteiger charge is -2.17. The number of carbonyl (C=O) groups is 2. The number of carbonyl (C=O) groups excluding carboxylic acids is 2. The lowest BCUT2D eigenvalue weighted by atomic mass is 10.2. The molecule has 0 radical (unpaired) electrons. The van der Waals surface area contributed by atoms with Crippen molar-refractivity contribution in [3.63, 3.8) is 0 Å². The van der Waals surface area contributed by atoms with Crippen LogP contribution < -0.4 is 5.32 Å². The van der Waals surface area contributed by atoms with Gasteiger partial charge in [0.25, 0.3) is 0 Å². The van der Waals surface area contributed by atoms with Crippen LogP contribution in [0, 0.1) is 5.92 Å². The molecular formula is C13H23NO4. The van der Waals surface area contributed by atoms with Crippen molar-refractivity contribution >= 4 is 12.1 Å². The fourth-order valence-electron chi connectivity index (χ4n) is 1.01. The molecule has 0 aliphatic heterocycles. The molecule has 1 N–H and O–H groups in total. The Morgan fingerprint density at radius 1 is 1.33 bits per heavy atom. The third kappa shape index (κ3) is 7.70. The van der Waals surface area contributed by atoms with Gasteiger partial charge in [-0.25, -0.2) is 9.59 Å². The van der Waals surface area contributed by atoms with Crippen LogP contribution in [0.2, 0.25) is 0 Å². The van der Waals surface area contributed by atoms with E-state index in [1.165, 1.54) is 0 Å². The highest BCUT2D eigenvalue weighted by molar-refractivity contribution is 5.86. The molecule has 0 rings (SSSR count). The number of alkyl carbamates (subject to hydrolysis) is 1. The van der Waals surface area contributed by atoms with Gasteiger partial charge >= 0.3 is 12.1 Å². The Bertz CT molecular complexity index is 299. The fourth-order valence-corrected chi connectivity index (χ4v) is 1.01. The Balaban J connectivity index is 3.99. The Kier molecular flexibility index (Phi) is 7.83. The quantitative estimate of drug-likeness (QED) is 0.561. The van der Waals surface area contributed by atoms with Crippen LogP contribution >= 0.6 is 0 Å². The molecular weight excluding hydrogens is 234 g/mol. The van der Waals surface area contributed by atoms with Crippen molar-refractivity contribution in [3.8, 4) is 0 Å². The molecule has 0 aromatic rings. The van der Waals surface area contributed by atoms with E-state index in [0.29, 0.717) is 24.5 Å². The molecule has 1 amide bonds. The van der Waals surface area contributed by atoms with E-state index in [1.54, 1.807) is 6.92 Å². The number of hydrogen-bond acceptors (Lipinski definition) is 4. The second-order valence-electron chi connectivity index (χ2n) is 4.59. The predicted molar refractivity (Wildman–Crippen MR) is 69.2 cm³/mol. The Morgan fingerprint density at radius 3 is 2.39 bits per heavy atom. The van der Waals surface area contributed by atoms with Crippen LogP contribution in [0.4, 0.5) is 4.79 Å². The number of nitrogens with one attached hydrogen (secondary N) is 1. The first-order valence-electron chi connectivity index (χ1n) is 6.13. The summed E-state index contributed by atoms with van der Waals surface area (Å²) in [5, 5.41) is 2.64. The van der Waals surface area contributed by atoms with Gasteiger partial charge in [0.2, 0.25) is 0 Å². The summed E-state index contributed by atoms with van der Waals surface area (Å²) in [4.78, 5) is 22.6. The third-order valence-corrected chi connectivity index (χ3v) is 2.13. The minimum absolute atomic E-state index is 0.0529. The number of ether oxygens (including phenoxy) is 2. The summed E-state index contributed by atoms with van der Waals surface area (Å²) in [7, 11) is 0. The Morgan fingerprint density at radius 2 is 1.94 bits per heavy atom. The van der Waals surface area contributed by atoms with E-state index in [1.807, 2.05) is 20.8 Å². The van der Waals surface area contributed by atoms with E-state index in [0.717, 1.165) is 0 Å². The van der Waals surface area contributed by atoms with Crippen LogP contribution in [-0.2, 0) is 14.3 Å². The maximum atomic E-state index is 11.4. The molecule has 5 nitrogen and oxygen atoms in total. The summed E-state index contributed by atoms with van der Waals surface area (Å²) in [6.07, 6.45) is -0.333. The molecule has 0 aliphatic rings. The van der Waals surface area contributed by atoms with E-state index >= 15 is 0 Å². The van der Waals surface area contributed by atoms with E-state index in [9.17, 15) is 9.59 Å². The normalized spacial score (nSPS) is 11.8. The second kappa shape index (κ2) is 8.55. The number of amides is 1. The largest absolute Gasteiger partial charge is 0.458 e. The Hall–Kier alpha value is -1.52. The fraction of sp³-hybridized carbons (Fsp3) is 0.692. The van der Waals surface area contributed by atoms with Gasteiger partial charge < -0.3 is 14.8 Å². The van der Waals surface area contributed by atoms with Crippen LogP contribution in [0.5, 0.6) is 0 Å². The van der Waals surface area contributed by atoms with Crippen molar-refractivity contribution in [3.05, 3.63) is 12.2 Å². The number of hydrogen-bond donors (Lipinski definition) is 1.